The first-order chi connectivity index (χ1) is 23.0. The molecule has 4 aromatic carbocycles. The lowest BCUT2D eigenvalue weighted by Gasteiger charge is -2.25. The molecule has 0 spiro atoms. The van der Waals surface area contributed by atoms with Crippen molar-refractivity contribution in [2.45, 2.75) is 26.1 Å². The molecule has 0 aliphatic carbocycles. The third-order valence-corrected chi connectivity index (χ3v) is 7.75. The van der Waals surface area contributed by atoms with Crippen molar-refractivity contribution in [3.05, 3.63) is 97.1 Å². The Balaban J connectivity index is 0.892. The second-order valence-electron chi connectivity index (χ2n) is 12.6. The summed E-state index contributed by atoms with van der Waals surface area (Å²) in [6.45, 7) is 10.4. The van der Waals surface area contributed by atoms with Gasteiger partial charge in [-0.3, -0.25) is 0 Å². The van der Waals surface area contributed by atoms with Crippen LogP contribution in [0.2, 0.25) is 0 Å². The van der Waals surface area contributed by atoms with E-state index in [-0.39, 0.29) is 17.6 Å². The van der Waals surface area contributed by atoms with Crippen LogP contribution in [0.15, 0.2) is 97.1 Å². The van der Waals surface area contributed by atoms with Crippen LogP contribution in [0, 0.1) is 5.41 Å². The highest BCUT2D eigenvalue weighted by Gasteiger charge is 2.23. The van der Waals surface area contributed by atoms with E-state index in [2.05, 4.69) is 62.4 Å². The summed E-state index contributed by atoms with van der Waals surface area (Å²) >= 11 is 0. The average Bonchev–Trinajstić information content (AvgIpc) is 4.04. The van der Waals surface area contributed by atoms with Crippen molar-refractivity contribution < 1.29 is 37.9 Å². The van der Waals surface area contributed by atoms with E-state index >= 15 is 0 Å². The topological polar surface area (TPSA) is 80.4 Å². The highest BCUT2D eigenvalue weighted by atomic mass is 16.6. The Labute approximate surface area is 277 Å². The maximum Gasteiger partial charge on any atom is 0.119 e. The number of hydrogen-bond acceptors (Lipinski definition) is 8. The Morgan fingerprint density at radius 1 is 0.468 bits per heavy atom. The Morgan fingerprint density at radius 2 is 0.766 bits per heavy atom. The van der Waals surface area contributed by atoms with Crippen LogP contribution < -0.4 is 18.9 Å². The minimum absolute atomic E-state index is 0.184. The van der Waals surface area contributed by atoms with Crippen molar-refractivity contribution in [2.24, 2.45) is 5.41 Å². The van der Waals surface area contributed by atoms with E-state index in [0.29, 0.717) is 52.9 Å². The highest BCUT2D eigenvalue weighted by molar-refractivity contribution is 5.65. The van der Waals surface area contributed by atoms with Crippen LogP contribution in [0.4, 0.5) is 0 Å². The molecule has 2 saturated heterocycles. The first-order valence-electron chi connectivity index (χ1n) is 16.3. The smallest absolute Gasteiger partial charge is 0.119 e. The van der Waals surface area contributed by atoms with Gasteiger partial charge in [0.2, 0.25) is 0 Å². The lowest BCUT2D eigenvalue weighted by Crippen LogP contribution is -2.28. The molecule has 8 heteroatoms. The molecule has 4 aromatic rings. The number of hydrogen-bond donors (Lipinski definition) is 0. The first-order valence-corrected chi connectivity index (χ1v) is 16.3. The molecule has 0 amide bonds. The Kier molecular flexibility index (Phi) is 11.3. The van der Waals surface area contributed by atoms with Crippen LogP contribution in [-0.4, -0.2) is 78.3 Å². The summed E-state index contributed by atoms with van der Waals surface area (Å²) in [5.41, 5.74) is 4.29. The lowest BCUT2D eigenvalue weighted by molar-refractivity contribution is 0.0878. The molecular formula is C39H44O8. The molecule has 0 aromatic heterocycles. The molecule has 2 aliphatic heterocycles. The predicted molar refractivity (Wildman–Crippen MR) is 181 cm³/mol. The molecule has 248 valence electrons. The van der Waals surface area contributed by atoms with Gasteiger partial charge in [0, 0.05) is 5.41 Å². The molecular weight excluding hydrogens is 596 g/mol. The number of benzene rings is 4. The van der Waals surface area contributed by atoms with Crippen molar-refractivity contribution in [1.82, 2.24) is 0 Å². The van der Waals surface area contributed by atoms with E-state index in [1.807, 2.05) is 48.5 Å². The van der Waals surface area contributed by atoms with Gasteiger partial charge < -0.3 is 37.9 Å². The van der Waals surface area contributed by atoms with E-state index in [0.717, 1.165) is 58.5 Å². The molecule has 47 heavy (non-hydrogen) atoms. The Bertz CT molecular complexity index is 1380. The van der Waals surface area contributed by atoms with Crippen molar-refractivity contribution in [3.8, 4) is 45.3 Å². The van der Waals surface area contributed by atoms with Gasteiger partial charge in [0.1, 0.15) is 48.4 Å². The fraction of sp³-hybridized carbons (Fsp3) is 0.385. The van der Waals surface area contributed by atoms with Crippen LogP contribution in [0.5, 0.6) is 23.0 Å². The number of epoxide rings is 2. The SMILES string of the molecule is CC(C)(COc1ccc(-c2ccc(OCCOCC3CO3)cc2)cc1)COc1ccc(-c2ccc(OCCOCC3CO3)cc2)cc1. The van der Waals surface area contributed by atoms with E-state index in [1.54, 1.807) is 0 Å². The largest absolute Gasteiger partial charge is 0.493 e. The standard InChI is InChI=1S/C39H44O8/c1-39(2,27-46-35-15-7-31(8-16-35)29-3-11-33(12-4-29)42-21-19-40-23-37-25-44-37)28-47-36-17-9-32(10-18-36)30-5-13-34(14-6-30)43-22-20-41-24-38-26-45-38/h3-18,37-38H,19-28H2,1-2H3. The zero-order valence-electron chi connectivity index (χ0n) is 27.2. The van der Waals surface area contributed by atoms with Crippen LogP contribution in [0.1, 0.15) is 13.8 Å². The second-order valence-corrected chi connectivity index (χ2v) is 12.6. The van der Waals surface area contributed by atoms with Gasteiger partial charge in [0.15, 0.2) is 0 Å². The first kappa shape index (κ1) is 32.8. The average molecular weight is 641 g/mol. The molecule has 0 bridgehead atoms. The number of ether oxygens (including phenoxy) is 8. The molecule has 2 fully saturated rings. The van der Waals surface area contributed by atoms with Crippen molar-refractivity contribution in [3.63, 3.8) is 0 Å². The fourth-order valence-electron chi connectivity index (χ4n) is 4.77. The van der Waals surface area contributed by atoms with Gasteiger partial charge in [-0.2, -0.15) is 0 Å². The zero-order chi connectivity index (χ0) is 32.3. The van der Waals surface area contributed by atoms with Gasteiger partial charge in [-0.05, 0) is 70.8 Å². The predicted octanol–water partition coefficient (Wildman–Crippen LogP) is 7.09. The normalized spacial score (nSPS) is 16.8. The summed E-state index contributed by atoms with van der Waals surface area (Å²) in [7, 11) is 0. The molecule has 2 heterocycles. The quantitative estimate of drug-likeness (QED) is 0.0748. The molecule has 0 radical (unpaired) electrons. The summed E-state index contributed by atoms with van der Waals surface area (Å²) in [5.74, 6) is 3.32. The Hall–Kier alpha value is -4.08. The molecule has 2 aliphatic rings. The zero-order valence-corrected chi connectivity index (χ0v) is 27.2. The van der Waals surface area contributed by atoms with Crippen LogP contribution in [0.3, 0.4) is 0 Å². The summed E-state index contributed by atoms with van der Waals surface area (Å²) in [4.78, 5) is 0. The number of rotatable bonds is 20. The van der Waals surface area contributed by atoms with Gasteiger partial charge >= 0.3 is 0 Å². The summed E-state index contributed by atoms with van der Waals surface area (Å²) in [6.07, 6.45) is 0.561. The minimum Gasteiger partial charge on any atom is -0.493 e. The van der Waals surface area contributed by atoms with Gasteiger partial charge in [0.25, 0.3) is 0 Å². The van der Waals surface area contributed by atoms with Gasteiger partial charge in [-0.15, -0.1) is 0 Å². The highest BCUT2D eigenvalue weighted by Crippen LogP contribution is 2.28. The molecule has 2 atom stereocenters. The maximum atomic E-state index is 6.15. The lowest BCUT2D eigenvalue weighted by atomic mass is 9.96. The van der Waals surface area contributed by atoms with Gasteiger partial charge in [0.05, 0.1) is 52.9 Å². The minimum atomic E-state index is -0.184. The van der Waals surface area contributed by atoms with Crippen LogP contribution >= 0.6 is 0 Å². The van der Waals surface area contributed by atoms with E-state index in [1.165, 1.54) is 0 Å². The third kappa shape index (κ3) is 11.0. The van der Waals surface area contributed by atoms with Crippen molar-refractivity contribution in [1.29, 1.82) is 0 Å². The van der Waals surface area contributed by atoms with Crippen molar-refractivity contribution in [2.75, 3.05) is 66.1 Å². The summed E-state index contributed by atoms with van der Waals surface area (Å²) in [6, 6.07) is 32.5. The second kappa shape index (κ2) is 16.2. The molecule has 2 unspecified atom stereocenters. The van der Waals surface area contributed by atoms with Crippen molar-refractivity contribution >= 4 is 0 Å². The van der Waals surface area contributed by atoms with E-state index in [9.17, 15) is 0 Å². The maximum absolute atomic E-state index is 6.15. The van der Waals surface area contributed by atoms with Gasteiger partial charge in [-0.25, -0.2) is 0 Å². The van der Waals surface area contributed by atoms with Crippen LogP contribution in [-0.2, 0) is 18.9 Å². The molecule has 8 nitrogen and oxygen atoms in total. The molecule has 6 rings (SSSR count). The van der Waals surface area contributed by atoms with E-state index in [4.69, 9.17) is 37.9 Å². The van der Waals surface area contributed by atoms with Crippen LogP contribution in [0.25, 0.3) is 22.3 Å². The summed E-state index contributed by atoms with van der Waals surface area (Å²) in [5, 5.41) is 0. The summed E-state index contributed by atoms with van der Waals surface area (Å²) < 4.78 is 45.1. The Morgan fingerprint density at radius 3 is 1.06 bits per heavy atom. The third-order valence-electron chi connectivity index (χ3n) is 7.75. The molecule has 0 N–H and O–H groups in total. The van der Waals surface area contributed by atoms with E-state index < -0.39 is 0 Å². The van der Waals surface area contributed by atoms with Gasteiger partial charge in [-0.1, -0.05) is 62.4 Å². The monoisotopic (exact) mass is 640 g/mol. The fourth-order valence-corrected chi connectivity index (χ4v) is 4.77. The molecule has 0 saturated carbocycles.